The Hall–Kier alpha value is -3.12. The molecule has 1 amide bonds. The summed E-state index contributed by atoms with van der Waals surface area (Å²) in [6.45, 7) is 5.46. The van der Waals surface area contributed by atoms with E-state index >= 15 is 0 Å². The number of hydrogen-bond acceptors (Lipinski definition) is 8. The van der Waals surface area contributed by atoms with Crippen molar-refractivity contribution in [2.24, 2.45) is 0 Å². The Morgan fingerprint density at radius 3 is 2.35 bits per heavy atom. The Bertz CT molecular complexity index is 1340. The molecule has 0 radical (unpaired) electrons. The normalized spacial score (nSPS) is 20.8. The molecule has 4 aliphatic rings. The fourth-order valence-corrected chi connectivity index (χ4v) is 6.78. The lowest BCUT2D eigenvalue weighted by atomic mass is 10.1. The number of benzene rings is 2. The van der Waals surface area contributed by atoms with Gasteiger partial charge in [-0.15, -0.1) is 0 Å². The van der Waals surface area contributed by atoms with Crippen molar-refractivity contribution < 1.29 is 27.8 Å². The second-order valence-corrected chi connectivity index (χ2v) is 11.7. The fraction of sp³-hybridized carbons (Fsp3) is 0.423. The van der Waals surface area contributed by atoms with Crippen LogP contribution in [0.4, 0.5) is 5.69 Å². The molecule has 196 valence electrons. The van der Waals surface area contributed by atoms with Gasteiger partial charge in [0.2, 0.25) is 10.0 Å². The quantitative estimate of drug-likeness (QED) is 0.549. The van der Waals surface area contributed by atoms with E-state index in [1.165, 1.54) is 16.4 Å². The zero-order chi connectivity index (χ0) is 25.6. The molecule has 0 bridgehead atoms. The first kappa shape index (κ1) is 24.2. The summed E-state index contributed by atoms with van der Waals surface area (Å²) in [6.07, 6.45) is -1.26. The van der Waals surface area contributed by atoms with Gasteiger partial charge in [0.25, 0.3) is 5.91 Å². The van der Waals surface area contributed by atoms with Crippen LogP contribution in [0.5, 0.6) is 11.5 Å². The number of carbonyl (C=O) groups is 1. The van der Waals surface area contributed by atoms with Gasteiger partial charge in [-0.25, -0.2) is 8.42 Å². The molecule has 2 N–H and O–H groups in total. The average molecular weight is 527 g/mol. The molecular weight excluding hydrogens is 496 g/mol. The van der Waals surface area contributed by atoms with Crippen LogP contribution in [0.15, 0.2) is 58.5 Å². The third kappa shape index (κ3) is 4.56. The van der Waals surface area contributed by atoms with Gasteiger partial charge in [0.05, 0.1) is 4.90 Å². The van der Waals surface area contributed by atoms with Crippen LogP contribution >= 0.6 is 0 Å². The van der Waals surface area contributed by atoms with Gasteiger partial charge in [-0.1, -0.05) is 12.1 Å². The first-order chi connectivity index (χ1) is 17.9. The Morgan fingerprint density at radius 1 is 0.919 bits per heavy atom. The number of anilines is 1. The number of aliphatic hydroxyl groups is 1. The maximum atomic E-state index is 13.3. The van der Waals surface area contributed by atoms with Crippen molar-refractivity contribution in [3.8, 4) is 11.5 Å². The Balaban J connectivity index is 1.10. The van der Waals surface area contributed by atoms with E-state index in [2.05, 4.69) is 10.2 Å². The molecule has 37 heavy (non-hydrogen) atoms. The maximum absolute atomic E-state index is 13.3. The van der Waals surface area contributed by atoms with Crippen LogP contribution in [0.3, 0.4) is 0 Å². The second kappa shape index (κ2) is 9.64. The molecule has 1 atom stereocenters. The van der Waals surface area contributed by atoms with E-state index in [0.717, 1.165) is 43.0 Å². The maximum Gasteiger partial charge on any atom is 0.256 e. The summed E-state index contributed by atoms with van der Waals surface area (Å²) in [5, 5.41) is 14.2. The van der Waals surface area contributed by atoms with Gasteiger partial charge in [-0.05, 0) is 41.0 Å². The fourth-order valence-electron chi connectivity index (χ4n) is 5.33. The molecule has 0 aliphatic carbocycles. The summed E-state index contributed by atoms with van der Waals surface area (Å²) in [7, 11) is -3.73. The molecule has 4 aliphatic heterocycles. The molecule has 1 saturated heterocycles. The van der Waals surface area contributed by atoms with Gasteiger partial charge in [0.1, 0.15) is 13.2 Å². The van der Waals surface area contributed by atoms with E-state index < -0.39 is 16.1 Å². The highest BCUT2D eigenvalue weighted by molar-refractivity contribution is 7.89. The van der Waals surface area contributed by atoms with Gasteiger partial charge in [0.15, 0.2) is 17.6 Å². The van der Waals surface area contributed by atoms with Gasteiger partial charge in [-0.3, -0.25) is 4.79 Å². The van der Waals surface area contributed by atoms with E-state index in [1.54, 1.807) is 17.0 Å². The molecule has 4 heterocycles. The van der Waals surface area contributed by atoms with Gasteiger partial charge >= 0.3 is 0 Å². The minimum atomic E-state index is -3.73. The first-order valence-electron chi connectivity index (χ1n) is 12.5. The lowest BCUT2D eigenvalue weighted by Gasteiger charge is -2.30. The molecule has 1 unspecified atom stereocenters. The van der Waals surface area contributed by atoms with Crippen LogP contribution in [0.2, 0.25) is 0 Å². The van der Waals surface area contributed by atoms with Gasteiger partial charge in [-0.2, -0.15) is 4.31 Å². The first-order valence-corrected chi connectivity index (χ1v) is 14.0. The number of fused-ring (bicyclic) bond motifs is 1. The summed E-state index contributed by atoms with van der Waals surface area (Å²) in [6, 6.07) is 12.2. The molecule has 0 spiro atoms. The van der Waals surface area contributed by atoms with Crippen LogP contribution in [-0.2, 0) is 14.8 Å². The highest BCUT2D eigenvalue weighted by Gasteiger charge is 2.39. The molecule has 2 aromatic rings. The molecule has 0 saturated carbocycles. The SMILES string of the molecule is O=C(C(O)c1cccc(N2CCNCC2)c1)N1CC2=C(C1)CN(S(=O)(=O)c1ccc3c(c1)OCCO3)C2. The Morgan fingerprint density at radius 2 is 1.62 bits per heavy atom. The standard InChI is InChI=1S/C26H30N4O6S/c31-25(18-2-1-3-21(12-18)28-8-6-27-7-9-28)26(32)29-14-19-16-30(17-20(19)15-29)37(33,34)22-4-5-23-24(13-22)36-11-10-35-23/h1-5,12-13,25,27,31H,6-11,14-17H2. The predicted molar refractivity (Wildman–Crippen MR) is 136 cm³/mol. The van der Waals surface area contributed by atoms with Crippen molar-refractivity contribution in [1.29, 1.82) is 0 Å². The van der Waals surface area contributed by atoms with Crippen molar-refractivity contribution in [2.45, 2.75) is 11.0 Å². The summed E-state index contributed by atoms with van der Waals surface area (Å²) in [5.74, 6) is 0.602. The number of rotatable bonds is 5. The number of amides is 1. The summed E-state index contributed by atoms with van der Waals surface area (Å²) in [4.78, 5) is 17.2. The second-order valence-electron chi connectivity index (χ2n) is 9.71. The zero-order valence-corrected chi connectivity index (χ0v) is 21.2. The Kier molecular flexibility index (Phi) is 6.31. The molecular formula is C26H30N4O6S. The van der Waals surface area contributed by atoms with Crippen molar-refractivity contribution in [3.63, 3.8) is 0 Å². The number of ether oxygens (including phenoxy) is 2. The van der Waals surface area contributed by atoms with Gasteiger partial charge < -0.3 is 29.7 Å². The largest absolute Gasteiger partial charge is 0.486 e. The van der Waals surface area contributed by atoms with E-state index in [1.807, 2.05) is 18.2 Å². The smallest absolute Gasteiger partial charge is 0.256 e. The van der Waals surface area contributed by atoms with Crippen molar-refractivity contribution in [1.82, 2.24) is 14.5 Å². The van der Waals surface area contributed by atoms with Crippen LogP contribution in [0.1, 0.15) is 11.7 Å². The number of aliphatic hydroxyl groups excluding tert-OH is 1. The van der Waals surface area contributed by atoms with Gasteiger partial charge in [0, 0.05) is 64.1 Å². The number of carbonyl (C=O) groups excluding carboxylic acids is 1. The molecule has 0 aromatic heterocycles. The number of sulfonamides is 1. The number of nitrogens with zero attached hydrogens (tertiary/aromatic N) is 3. The highest BCUT2D eigenvalue weighted by atomic mass is 32.2. The topological polar surface area (TPSA) is 112 Å². The van der Waals surface area contributed by atoms with Crippen molar-refractivity contribution in [2.75, 3.05) is 70.5 Å². The molecule has 11 heteroatoms. The number of nitrogens with one attached hydrogen (secondary N) is 1. The van der Waals surface area contributed by atoms with Crippen molar-refractivity contribution in [3.05, 3.63) is 59.2 Å². The van der Waals surface area contributed by atoms with E-state index in [0.29, 0.717) is 43.4 Å². The molecule has 2 aromatic carbocycles. The van der Waals surface area contributed by atoms with Crippen LogP contribution in [-0.4, -0.2) is 94.2 Å². The van der Waals surface area contributed by atoms with Crippen molar-refractivity contribution >= 4 is 21.6 Å². The van der Waals surface area contributed by atoms with E-state index in [-0.39, 0.29) is 23.9 Å². The Labute approximate surface area is 216 Å². The zero-order valence-electron chi connectivity index (χ0n) is 20.4. The monoisotopic (exact) mass is 526 g/mol. The minimum absolute atomic E-state index is 0.158. The third-order valence-corrected chi connectivity index (χ3v) is 9.15. The third-order valence-electron chi connectivity index (χ3n) is 7.36. The van der Waals surface area contributed by atoms with Crippen LogP contribution in [0, 0.1) is 0 Å². The predicted octanol–water partition coefficient (Wildman–Crippen LogP) is 0.744. The lowest BCUT2D eigenvalue weighted by Crippen LogP contribution is -2.43. The number of hydrogen-bond donors (Lipinski definition) is 2. The summed E-state index contributed by atoms with van der Waals surface area (Å²) < 4.78 is 39.1. The lowest BCUT2D eigenvalue weighted by molar-refractivity contribution is -0.139. The summed E-state index contributed by atoms with van der Waals surface area (Å²) >= 11 is 0. The van der Waals surface area contributed by atoms with Crippen LogP contribution < -0.4 is 19.7 Å². The highest BCUT2D eigenvalue weighted by Crippen LogP contribution is 2.36. The van der Waals surface area contributed by atoms with E-state index in [9.17, 15) is 18.3 Å². The minimum Gasteiger partial charge on any atom is -0.486 e. The van der Waals surface area contributed by atoms with E-state index in [4.69, 9.17) is 9.47 Å². The molecule has 10 nitrogen and oxygen atoms in total. The molecule has 1 fully saturated rings. The van der Waals surface area contributed by atoms with Crippen LogP contribution in [0.25, 0.3) is 0 Å². The number of piperazine rings is 1. The molecule has 6 rings (SSSR count). The average Bonchev–Trinajstić information content (AvgIpc) is 3.53. The summed E-state index contributed by atoms with van der Waals surface area (Å²) in [5.41, 5.74) is 3.39.